The summed E-state index contributed by atoms with van der Waals surface area (Å²) in [6.45, 7) is 1.65. The van der Waals surface area contributed by atoms with Gasteiger partial charge in [-0.2, -0.15) is 4.68 Å². The van der Waals surface area contributed by atoms with Crippen molar-refractivity contribution in [3.05, 3.63) is 16.9 Å². The van der Waals surface area contributed by atoms with Crippen LogP contribution < -0.4 is 5.73 Å². The molecular weight excluding hydrogens is 120 g/mol. The van der Waals surface area contributed by atoms with Gasteiger partial charge in [0, 0.05) is 0 Å². The van der Waals surface area contributed by atoms with E-state index in [2.05, 4.69) is 10.3 Å². The summed E-state index contributed by atoms with van der Waals surface area (Å²) in [5.74, 6) is 0.769. The van der Waals surface area contributed by atoms with Gasteiger partial charge in [-0.3, -0.25) is 0 Å². The number of aryl methyl sites for hydroxylation is 1. The van der Waals surface area contributed by atoms with Crippen LogP contribution in [-0.4, -0.2) is 9.66 Å². The van der Waals surface area contributed by atoms with Crippen molar-refractivity contribution in [3.8, 4) is 0 Å². The highest BCUT2D eigenvalue weighted by Crippen LogP contribution is 2.03. The van der Waals surface area contributed by atoms with Gasteiger partial charge in [0.15, 0.2) is 0 Å². The molecule has 0 radical (unpaired) electrons. The number of nitroso groups, excluding NO2 is 1. The minimum absolute atomic E-state index is 0.266. The molecule has 0 fully saturated rings. The molecule has 48 valence electrons. The summed E-state index contributed by atoms with van der Waals surface area (Å²) in [4.78, 5) is 13.6. The topological polar surface area (TPSA) is 73.3 Å². The van der Waals surface area contributed by atoms with Gasteiger partial charge in [-0.1, -0.05) is 0 Å². The van der Waals surface area contributed by atoms with Gasteiger partial charge < -0.3 is 5.73 Å². The van der Waals surface area contributed by atoms with E-state index in [1.165, 1.54) is 6.20 Å². The lowest BCUT2D eigenvalue weighted by atomic mass is 10.7. The molecule has 0 bridgehead atoms. The maximum absolute atomic E-state index is 9.90. The standard InChI is InChI=1S/C4H6N4O/c1-3-6-2-4(5)8(3)7-9/h2H,5H2,1H3. The van der Waals surface area contributed by atoms with Gasteiger partial charge in [0.05, 0.1) is 11.5 Å². The zero-order valence-corrected chi connectivity index (χ0v) is 4.90. The van der Waals surface area contributed by atoms with Crippen LogP contribution in [0.15, 0.2) is 11.5 Å². The van der Waals surface area contributed by atoms with E-state index in [-0.39, 0.29) is 5.82 Å². The molecule has 0 aromatic carbocycles. The van der Waals surface area contributed by atoms with Gasteiger partial charge in [0.1, 0.15) is 11.6 Å². The number of nitrogens with two attached hydrogens (primary N) is 1. The van der Waals surface area contributed by atoms with Gasteiger partial charge in [0.25, 0.3) is 0 Å². The van der Waals surface area contributed by atoms with E-state index < -0.39 is 0 Å². The lowest BCUT2D eigenvalue weighted by Crippen LogP contribution is -1.95. The maximum Gasteiger partial charge on any atom is 0.148 e. The quantitative estimate of drug-likeness (QED) is 0.550. The highest BCUT2D eigenvalue weighted by atomic mass is 16.3. The fourth-order valence-corrected chi connectivity index (χ4v) is 0.562. The summed E-state index contributed by atoms with van der Waals surface area (Å²) in [6, 6.07) is 0. The maximum atomic E-state index is 9.90. The third-order valence-corrected chi connectivity index (χ3v) is 1.02. The first-order valence-electron chi connectivity index (χ1n) is 2.39. The number of imidazole rings is 1. The second kappa shape index (κ2) is 1.85. The molecule has 5 nitrogen and oxygen atoms in total. The van der Waals surface area contributed by atoms with Crippen molar-refractivity contribution < 1.29 is 0 Å². The Hall–Kier alpha value is -1.39. The number of hydrogen-bond donors (Lipinski definition) is 1. The molecule has 0 aliphatic carbocycles. The summed E-state index contributed by atoms with van der Waals surface area (Å²) < 4.78 is 1.03. The normalized spacial score (nSPS) is 9.44. The van der Waals surface area contributed by atoms with E-state index in [0.29, 0.717) is 5.82 Å². The van der Waals surface area contributed by atoms with Crippen molar-refractivity contribution in [1.82, 2.24) is 9.66 Å². The Morgan fingerprint density at radius 3 is 2.78 bits per heavy atom. The molecule has 0 atom stereocenters. The summed E-state index contributed by atoms with van der Waals surface area (Å²) in [5.41, 5.74) is 5.26. The fraction of sp³-hybridized carbons (Fsp3) is 0.250. The van der Waals surface area contributed by atoms with Gasteiger partial charge in [-0.25, -0.2) is 4.98 Å². The molecule has 0 unspecified atom stereocenters. The minimum Gasteiger partial charge on any atom is -0.382 e. The Kier molecular flexibility index (Phi) is 1.18. The Labute approximate surface area is 51.4 Å². The predicted molar refractivity (Wildman–Crippen MR) is 32.6 cm³/mol. The second-order valence-corrected chi connectivity index (χ2v) is 1.62. The number of nitrogen functional groups attached to an aromatic ring is 1. The summed E-state index contributed by atoms with van der Waals surface area (Å²) in [7, 11) is 0. The van der Waals surface area contributed by atoms with E-state index >= 15 is 0 Å². The van der Waals surface area contributed by atoms with Gasteiger partial charge >= 0.3 is 0 Å². The SMILES string of the molecule is Cc1ncc(N)n1N=O. The van der Waals surface area contributed by atoms with Crippen LogP contribution in [0.25, 0.3) is 0 Å². The molecule has 0 saturated carbocycles. The zero-order chi connectivity index (χ0) is 6.85. The third-order valence-electron chi connectivity index (χ3n) is 1.02. The smallest absolute Gasteiger partial charge is 0.148 e. The summed E-state index contributed by atoms with van der Waals surface area (Å²) in [5, 5.41) is 2.61. The summed E-state index contributed by atoms with van der Waals surface area (Å²) >= 11 is 0. The van der Waals surface area contributed by atoms with Crippen LogP contribution in [0.2, 0.25) is 0 Å². The molecule has 1 heterocycles. The molecule has 0 saturated heterocycles. The van der Waals surface area contributed by atoms with Crippen molar-refractivity contribution in [1.29, 1.82) is 0 Å². The lowest BCUT2D eigenvalue weighted by Gasteiger charge is -1.89. The molecular formula is C4H6N4O. The monoisotopic (exact) mass is 126 g/mol. The minimum atomic E-state index is 0.266. The molecule has 1 aromatic heterocycles. The molecule has 9 heavy (non-hydrogen) atoms. The predicted octanol–water partition coefficient (Wildman–Crippen LogP) is 0.303. The van der Waals surface area contributed by atoms with Crippen LogP contribution in [0.1, 0.15) is 5.82 Å². The van der Waals surface area contributed by atoms with Crippen molar-refractivity contribution >= 4 is 5.82 Å². The van der Waals surface area contributed by atoms with E-state index in [9.17, 15) is 4.91 Å². The molecule has 1 rings (SSSR count). The molecule has 2 N–H and O–H groups in total. The van der Waals surface area contributed by atoms with Crippen LogP contribution in [0.3, 0.4) is 0 Å². The average Bonchev–Trinajstić information content (AvgIpc) is 2.12. The first kappa shape index (κ1) is 5.74. The third kappa shape index (κ3) is 0.758. The first-order chi connectivity index (χ1) is 4.25. The van der Waals surface area contributed by atoms with Crippen LogP contribution in [0.5, 0.6) is 0 Å². The number of nitrogens with zero attached hydrogens (tertiary/aromatic N) is 3. The highest BCUT2D eigenvalue weighted by molar-refractivity contribution is 5.26. The molecule has 0 aliphatic rings. The number of aromatic nitrogens is 2. The van der Waals surface area contributed by atoms with Crippen molar-refractivity contribution in [3.63, 3.8) is 0 Å². The molecule has 1 aromatic rings. The average molecular weight is 126 g/mol. The first-order valence-corrected chi connectivity index (χ1v) is 2.39. The second-order valence-electron chi connectivity index (χ2n) is 1.62. The van der Waals surface area contributed by atoms with Crippen LogP contribution >= 0.6 is 0 Å². The van der Waals surface area contributed by atoms with Gasteiger partial charge in [-0.05, 0) is 6.92 Å². The fourth-order valence-electron chi connectivity index (χ4n) is 0.562. The summed E-state index contributed by atoms with van der Waals surface area (Å²) in [6.07, 6.45) is 1.39. The zero-order valence-electron chi connectivity index (χ0n) is 4.90. The number of rotatable bonds is 1. The molecule has 5 heteroatoms. The Morgan fingerprint density at radius 2 is 2.56 bits per heavy atom. The van der Waals surface area contributed by atoms with Crippen LogP contribution in [-0.2, 0) is 0 Å². The van der Waals surface area contributed by atoms with Crippen molar-refractivity contribution in [2.24, 2.45) is 5.29 Å². The molecule has 0 amide bonds. The Balaban J connectivity index is 3.22. The van der Waals surface area contributed by atoms with Gasteiger partial charge in [0.2, 0.25) is 0 Å². The molecule has 0 spiro atoms. The Morgan fingerprint density at radius 1 is 1.89 bits per heavy atom. The van der Waals surface area contributed by atoms with Crippen LogP contribution in [0.4, 0.5) is 5.82 Å². The van der Waals surface area contributed by atoms with Gasteiger partial charge in [-0.15, -0.1) is 4.91 Å². The van der Waals surface area contributed by atoms with Crippen molar-refractivity contribution in [2.45, 2.75) is 6.92 Å². The largest absolute Gasteiger partial charge is 0.382 e. The van der Waals surface area contributed by atoms with E-state index in [1.807, 2.05) is 0 Å². The lowest BCUT2D eigenvalue weighted by molar-refractivity contribution is 0.828. The van der Waals surface area contributed by atoms with E-state index in [4.69, 9.17) is 5.73 Å². The number of anilines is 1. The Bertz CT molecular complexity index is 209. The highest BCUT2D eigenvalue weighted by Gasteiger charge is 1.99. The van der Waals surface area contributed by atoms with Crippen LogP contribution in [0, 0.1) is 11.8 Å². The van der Waals surface area contributed by atoms with Crippen molar-refractivity contribution in [2.75, 3.05) is 5.73 Å². The molecule has 0 aliphatic heterocycles. The van der Waals surface area contributed by atoms with E-state index in [0.717, 1.165) is 4.68 Å². The van der Waals surface area contributed by atoms with E-state index in [1.54, 1.807) is 6.92 Å². The number of hydrogen-bond acceptors (Lipinski definition) is 4.